The molecule has 2 unspecified atom stereocenters. The minimum atomic E-state index is -4.30. The Hall–Kier alpha value is -0.330. The fraction of sp³-hybridized carbons (Fsp3) is 1.00. The summed E-state index contributed by atoms with van der Waals surface area (Å²) in [5, 5.41) is 10.2. The average molecular weight is 310 g/mol. The third-order valence-electron chi connectivity index (χ3n) is 4.66. The summed E-state index contributed by atoms with van der Waals surface area (Å²) in [6.07, 6.45) is 2.63. The van der Waals surface area contributed by atoms with Crippen LogP contribution in [0.15, 0.2) is 0 Å². The summed E-state index contributed by atoms with van der Waals surface area (Å²) in [6, 6.07) is 0. The quantitative estimate of drug-likeness (QED) is 0.791. The number of ether oxygens (including phenoxy) is 2. The highest BCUT2D eigenvalue weighted by molar-refractivity contribution is 4.91. The summed E-state index contributed by atoms with van der Waals surface area (Å²) in [7, 11) is 0. The molecule has 2 fully saturated rings. The first-order chi connectivity index (χ1) is 9.90. The minimum Gasteiger partial charge on any atom is -0.393 e. The van der Waals surface area contributed by atoms with Gasteiger partial charge in [-0.05, 0) is 38.0 Å². The fourth-order valence-corrected chi connectivity index (χ4v) is 3.57. The SMILES string of the molecule is OC(CCOCC(F)(F)F)C1CCOC2(CCCCC2)C1. The van der Waals surface area contributed by atoms with Crippen molar-refractivity contribution in [2.24, 2.45) is 5.92 Å². The number of aliphatic hydroxyl groups is 1. The third kappa shape index (κ3) is 5.42. The molecule has 0 radical (unpaired) electrons. The molecule has 1 spiro atoms. The average Bonchev–Trinajstić information content (AvgIpc) is 2.43. The van der Waals surface area contributed by atoms with E-state index in [1.807, 2.05) is 0 Å². The summed E-state index contributed by atoms with van der Waals surface area (Å²) >= 11 is 0. The molecule has 1 heterocycles. The topological polar surface area (TPSA) is 38.7 Å². The Bertz CT molecular complexity index is 308. The van der Waals surface area contributed by atoms with Crippen LogP contribution >= 0.6 is 0 Å². The predicted molar refractivity (Wildman–Crippen MR) is 72.0 cm³/mol. The Kier molecular flexibility index (Phi) is 5.91. The molecule has 0 amide bonds. The summed E-state index contributed by atoms with van der Waals surface area (Å²) in [4.78, 5) is 0. The van der Waals surface area contributed by atoms with Crippen LogP contribution in [0.5, 0.6) is 0 Å². The summed E-state index contributed by atoms with van der Waals surface area (Å²) in [5.41, 5.74) is -0.0883. The Morgan fingerprint density at radius 1 is 1.24 bits per heavy atom. The van der Waals surface area contributed by atoms with E-state index in [0.29, 0.717) is 6.61 Å². The second-order valence-corrected chi connectivity index (χ2v) is 6.37. The standard InChI is InChI=1S/C15H25F3O3/c16-15(17,18)11-20-8-5-13(19)12-4-9-21-14(10-12)6-2-1-3-7-14/h12-13,19H,1-11H2. The van der Waals surface area contributed by atoms with Gasteiger partial charge in [-0.2, -0.15) is 13.2 Å². The second kappa shape index (κ2) is 7.29. The number of hydrogen-bond acceptors (Lipinski definition) is 3. The molecule has 1 saturated heterocycles. The van der Waals surface area contributed by atoms with Crippen molar-refractivity contribution in [3.63, 3.8) is 0 Å². The molecule has 3 nitrogen and oxygen atoms in total. The van der Waals surface area contributed by atoms with Gasteiger partial charge in [0.05, 0.1) is 11.7 Å². The predicted octanol–water partition coefficient (Wildman–Crippen LogP) is 3.45. The Balaban J connectivity index is 1.73. The molecular formula is C15H25F3O3. The van der Waals surface area contributed by atoms with E-state index in [1.165, 1.54) is 6.42 Å². The van der Waals surface area contributed by atoms with E-state index < -0.39 is 18.9 Å². The molecule has 2 atom stereocenters. The van der Waals surface area contributed by atoms with Crippen molar-refractivity contribution in [1.82, 2.24) is 0 Å². The maximum absolute atomic E-state index is 12.0. The minimum absolute atomic E-state index is 0.0506. The van der Waals surface area contributed by atoms with E-state index in [9.17, 15) is 18.3 Å². The van der Waals surface area contributed by atoms with E-state index in [4.69, 9.17) is 4.74 Å². The van der Waals surface area contributed by atoms with Crippen molar-refractivity contribution in [1.29, 1.82) is 0 Å². The van der Waals surface area contributed by atoms with Gasteiger partial charge in [0.15, 0.2) is 0 Å². The van der Waals surface area contributed by atoms with Crippen LogP contribution in [0, 0.1) is 5.92 Å². The Labute approximate surface area is 123 Å². The first-order valence-corrected chi connectivity index (χ1v) is 7.87. The van der Waals surface area contributed by atoms with Gasteiger partial charge in [-0.3, -0.25) is 0 Å². The van der Waals surface area contributed by atoms with Gasteiger partial charge in [0.25, 0.3) is 0 Å². The highest BCUT2D eigenvalue weighted by Gasteiger charge is 2.40. The molecule has 1 saturated carbocycles. The normalized spacial score (nSPS) is 27.7. The highest BCUT2D eigenvalue weighted by Crippen LogP contribution is 2.41. The van der Waals surface area contributed by atoms with Gasteiger partial charge in [-0.25, -0.2) is 0 Å². The molecule has 0 aromatic rings. The van der Waals surface area contributed by atoms with Crippen molar-refractivity contribution >= 4 is 0 Å². The molecule has 0 aromatic carbocycles. The van der Waals surface area contributed by atoms with Gasteiger partial charge < -0.3 is 14.6 Å². The third-order valence-corrected chi connectivity index (χ3v) is 4.66. The molecule has 0 aromatic heterocycles. The van der Waals surface area contributed by atoms with Crippen molar-refractivity contribution in [2.75, 3.05) is 19.8 Å². The van der Waals surface area contributed by atoms with Crippen LogP contribution in [-0.2, 0) is 9.47 Å². The fourth-order valence-electron chi connectivity index (χ4n) is 3.57. The van der Waals surface area contributed by atoms with Gasteiger partial charge in [0, 0.05) is 13.2 Å². The van der Waals surface area contributed by atoms with Crippen molar-refractivity contribution in [3.8, 4) is 0 Å². The van der Waals surface area contributed by atoms with E-state index in [2.05, 4.69) is 4.74 Å². The molecule has 1 aliphatic carbocycles. The van der Waals surface area contributed by atoms with E-state index in [0.717, 1.165) is 38.5 Å². The molecular weight excluding hydrogens is 285 g/mol. The smallest absolute Gasteiger partial charge is 0.393 e. The van der Waals surface area contributed by atoms with Crippen LogP contribution in [-0.4, -0.2) is 42.8 Å². The lowest BCUT2D eigenvalue weighted by Gasteiger charge is -2.44. The van der Waals surface area contributed by atoms with Gasteiger partial charge >= 0.3 is 6.18 Å². The monoisotopic (exact) mass is 310 g/mol. The number of aliphatic hydroxyl groups excluding tert-OH is 1. The molecule has 2 aliphatic rings. The van der Waals surface area contributed by atoms with Crippen LogP contribution in [0.3, 0.4) is 0 Å². The summed E-state index contributed by atoms with van der Waals surface area (Å²) in [5.74, 6) is 0.117. The number of halogens is 3. The lowest BCUT2D eigenvalue weighted by atomic mass is 9.74. The first kappa shape index (κ1) is 17.0. The lowest BCUT2D eigenvalue weighted by Crippen LogP contribution is -2.44. The van der Waals surface area contributed by atoms with Crippen molar-refractivity contribution in [2.45, 2.75) is 69.2 Å². The largest absolute Gasteiger partial charge is 0.411 e. The Morgan fingerprint density at radius 2 is 1.95 bits per heavy atom. The van der Waals surface area contributed by atoms with E-state index in [-0.39, 0.29) is 24.5 Å². The molecule has 1 aliphatic heterocycles. The highest BCUT2D eigenvalue weighted by atomic mass is 19.4. The maximum atomic E-state index is 12.0. The number of alkyl halides is 3. The molecule has 0 bridgehead atoms. The molecule has 1 N–H and O–H groups in total. The van der Waals surface area contributed by atoms with Crippen LogP contribution in [0.1, 0.15) is 51.4 Å². The zero-order valence-electron chi connectivity index (χ0n) is 12.3. The zero-order valence-corrected chi connectivity index (χ0v) is 12.3. The molecule has 124 valence electrons. The maximum Gasteiger partial charge on any atom is 0.411 e. The van der Waals surface area contributed by atoms with Crippen LogP contribution in [0.4, 0.5) is 13.2 Å². The van der Waals surface area contributed by atoms with Gasteiger partial charge in [0.1, 0.15) is 6.61 Å². The molecule has 2 rings (SSSR count). The second-order valence-electron chi connectivity index (χ2n) is 6.37. The van der Waals surface area contributed by atoms with Crippen molar-refractivity contribution < 1.29 is 27.8 Å². The molecule has 21 heavy (non-hydrogen) atoms. The Morgan fingerprint density at radius 3 is 2.62 bits per heavy atom. The van der Waals surface area contributed by atoms with Gasteiger partial charge in [-0.1, -0.05) is 19.3 Å². The van der Waals surface area contributed by atoms with Crippen LogP contribution in [0.2, 0.25) is 0 Å². The number of rotatable bonds is 5. The zero-order chi connectivity index (χ0) is 15.3. The van der Waals surface area contributed by atoms with E-state index >= 15 is 0 Å². The van der Waals surface area contributed by atoms with Gasteiger partial charge in [0.2, 0.25) is 0 Å². The van der Waals surface area contributed by atoms with Crippen molar-refractivity contribution in [3.05, 3.63) is 0 Å². The van der Waals surface area contributed by atoms with Crippen LogP contribution < -0.4 is 0 Å². The lowest BCUT2D eigenvalue weighted by molar-refractivity contribution is -0.176. The first-order valence-electron chi connectivity index (χ1n) is 7.87. The summed E-state index contributed by atoms with van der Waals surface area (Å²) < 4.78 is 46.5. The molecule has 6 heteroatoms. The summed E-state index contributed by atoms with van der Waals surface area (Å²) in [6.45, 7) is -0.645. The van der Waals surface area contributed by atoms with E-state index in [1.54, 1.807) is 0 Å². The number of hydrogen-bond donors (Lipinski definition) is 1. The van der Waals surface area contributed by atoms with Gasteiger partial charge in [-0.15, -0.1) is 0 Å². The van der Waals surface area contributed by atoms with Crippen LogP contribution in [0.25, 0.3) is 0 Å².